The predicted molar refractivity (Wildman–Crippen MR) is 80.4 cm³/mol. The number of amides is 1. The summed E-state index contributed by atoms with van der Waals surface area (Å²) in [7, 11) is 5.51. The SMILES string of the molecule is C#CCC(N)C(=O)Nc1cc(CN(C)C)ccc1OC. The van der Waals surface area contributed by atoms with E-state index in [4.69, 9.17) is 16.9 Å². The summed E-state index contributed by atoms with van der Waals surface area (Å²) < 4.78 is 5.24. The number of benzene rings is 1. The molecule has 0 spiro atoms. The summed E-state index contributed by atoms with van der Waals surface area (Å²) in [6.45, 7) is 0.767. The molecule has 1 unspecified atom stereocenters. The number of nitrogens with zero attached hydrogens (tertiary/aromatic N) is 1. The van der Waals surface area contributed by atoms with Crippen LogP contribution in [0, 0.1) is 12.3 Å². The zero-order chi connectivity index (χ0) is 15.1. The first kappa shape index (κ1) is 16.0. The second kappa shape index (κ2) is 7.53. The summed E-state index contributed by atoms with van der Waals surface area (Å²) in [5.41, 5.74) is 7.35. The summed E-state index contributed by atoms with van der Waals surface area (Å²) in [5.74, 6) is 2.65. The zero-order valence-electron chi connectivity index (χ0n) is 12.1. The number of nitrogens with two attached hydrogens (primary N) is 1. The van der Waals surface area contributed by atoms with E-state index in [0.717, 1.165) is 12.1 Å². The highest BCUT2D eigenvalue weighted by molar-refractivity contribution is 5.96. The number of nitrogens with one attached hydrogen (secondary N) is 1. The van der Waals surface area contributed by atoms with E-state index in [-0.39, 0.29) is 12.3 Å². The first-order chi connectivity index (χ1) is 9.47. The van der Waals surface area contributed by atoms with Crippen molar-refractivity contribution < 1.29 is 9.53 Å². The molecular formula is C15H21N3O2. The Labute approximate surface area is 120 Å². The summed E-state index contributed by atoms with van der Waals surface area (Å²) in [6, 6.07) is 4.93. The van der Waals surface area contributed by atoms with Crippen LogP contribution in [-0.4, -0.2) is 38.1 Å². The van der Waals surface area contributed by atoms with Crippen molar-refractivity contribution in [3.63, 3.8) is 0 Å². The number of hydrogen-bond donors (Lipinski definition) is 2. The van der Waals surface area contributed by atoms with E-state index in [0.29, 0.717) is 11.4 Å². The standard InChI is InChI=1S/C15H21N3O2/c1-5-6-12(16)15(19)17-13-9-11(10-18(2)3)7-8-14(13)20-4/h1,7-9,12H,6,10,16H2,2-4H3,(H,17,19). The van der Waals surface area contributed by atoms with E-state index < -0.39 is 6.04 Å². The van der Waals surface area contributed by atoms with Crippen LogP contribution >= 0.6 is 0 Å². The molecule has 0 bridgehead atoms. The molecule has 0 saturated carbocycles. The highest BCUT2D eigenvalue weighted by atomic mass is 16.5. The van der Waals surface area contributed by atoms with Gasteiger partial charge in [-0.25, -0.2) is 0 Å². The number of ether oxygens (including phenoxy) is 1. The van der Waals surface area contributed by atoms with Crippen molar-refractivity contribution in [1.29, 1.82) is 0 Å². The Balaban J connectivity index is 2.91. The van der Waals surface area contributed by atoms with Crippen LogP contribution < -0.4 is 15.8 Å². The Kier molecular flexibility index (Phi) is 6.04. The van der Waals surface area contributed by atoms with Crippen LogP contribution in [0.15, 0.2) is 18.2 Å². The lowest BCUT2D eigenvalue weighted by Gasteiger charge is -2.16. The van der Waals surface area contributed by atoms with E-state index in [1.165, 1.54) is 0 Å². The van der Waals surface area contributed by atoms with Gasteiger partial charge in [-0.05, 0) is 31.8 Å². The largest absolute Gasteiger partial charge is 0.495 e. The van der Waals surface area contributed by atoms with Gasteiger partial charge in [0, 0.05) is 13.0 Å². The maximum absolute atomic E-state index is 11.9. The number of carbonyl (C=O) groups excluding carboxylic acids is 1. The van der Waals surface area contributed by atoms with Gasteiger partial charge in [0.05, 0.1) is 18.8 Å². The van der Waals surface area contributed by atoms with Crippen LogP contribution in [-0.2, 0) is 11.3 Å². The van der Waals surface area contributed by atoms with E-state index in [1.807, 2.05) is 37.2 Å². The normalized spacial score (nSPS) is 11.8. The van der Waals surface area contributed by atoms with E-state index in [2.05, 4.69) is 11.2 Å². The Hall–Kier alpha value is -2.03. The Morgan fingerprint density at radius 3 is 2.80 bits per heavy atom. The second-order valence-electron chi connectivity index (χ2n) is 4.78. The molecule has 0 saturated heterocycles. The van der Waals surface area contributed by atoms with Crippen LogP contribution in [0.1, 0.15) is 12.0 Å². The fourth-order valence-corrected chi connectivity index (χ4v) is 1.76. The average Bonchev–Trinajstić information content (AvgIpc) is 2.38. The van der Waals surface area contributed by atoms with Crippen molar-refractivity contribution in [2.75, 3.05) is 26.5 Å². The first-order valence-electron chi connectivity index (χ1n) is 6.29. The molecule has 0 heterocycles. The summed E-state index contributed by atoms with van der Waals surface area (Å²) in [4.78, 5) is 13.9. The van der Waals surface area contributed by atoms with Crippen LogP contribution in [0.3, 0.4) is 0 Å². The van der Waals surface area contributed by atoms with Gasteiger partial charge in [0.1, 0.15) is 5.75 Å². The minimum absolute atomic E-state index is 0.200. The van der Waals surface area contributed by atoms with Crippen LogP contribution in [0.5, 0.6) is 5.75 Å². The molecule has 0 aliphatic carbocycles. The molecule has 5 nitrogen and oxygen atoms in total. The maximum Gasteiger partial charge on any atom is 0.242 e. The predicted octanol–water partition coefficient (Wildman–Crippen LogP) is 1.05. The third-order valence-electron chi connectivity index (χ3n) is 2.70. The molecule has 108 valence electrons. The maximum atomic E-state index is 11.9. The minimum Gasteiger partial charge on any atom is -0.495 e. The highest BCUT2D eigenvalue weighted by Gasteiger charge is 2.15. The van der Waals surface area contributed by atoms with E-state index in [1.54, 1.807) is 7.11 Å². The van der Waals surface area contributed by atoms with Crippen LogP contribution in [0.2, 0.25) is 0 Å². The van der Waals surface area contributed by atoms with Crippen molar-refractivity contribution in [2.45, 2.75) is 19.0 Å². The minimum atomic E-state index is -0.720. The third kappa shape index (κ3) is 4.57. The lowest BCUT2D eigenvalue weighted by atomic mass is 10.1. The Morgan fingerprint density at radius 1 is 1.55 bits per heavy atom. The second-order valence-corrected chi connectivity index (χ2v) is 4.78. The monoisotopic (exact) mass is 275 g/mol. The molecule has 3 N–H and O–H groups in total. The molecule has 0 fully saturated rings. The van der Waals surface area contributed by atoms with E-state index >= 15 is 0 Å². The Bertz CT molecular complexity index is 506. The number of carbonyl (C=O) groups is 1. The topological polar surface area (TPSA) is 67.6 Å². The molecule has 1 aromatic rings. The molecule has 1 amide bonds. The lowest BCUT2D eigenvalue weighted by Crippen LogP contribution is -2.35. The number of rotatable bonds is 6. The zero-order valence-corrected chi connectivity index (χ0v) is 12.1. The first-order valence-corrected chi connectivity index (χ1v) is 6.29. The average molecular weight is 275 g/mol. The fraction of sp³-hybridized carbons (Fsp3) is 0.400. The molecule has 0 aromatic heterocycles. The Morgan fingerprint density at radius 2 is 2.25 bits per heavy atom. The van der Waals surface area contributed by atoms with Crippen molar-refractivity contribution in [2.24, 2.45) is 5.73 Å². The molecule has 1 rings (SSSR count). The molecule has 0 aliphatic rings. The molecule has 1 aromatic carbocycles. The van der Waals surface area contributed by atoms with Gasteiger partial charge in [-0.1, -0.05) is 6.07 Å². The van der Waals surface area contributed by atoms with Crippen molar-refractivity contribution in [3.8, 4) is 18.1 Å². The summed E-state index contributed by atoms with van der Waals surface area (Å²) >= 11 is 0. The lowest BCUT2D eigenvalue weighted by molar-refractivity contribution is -0.117. The third-order valence-corrected chi connectivity index (χ3v) is 2.70. The van der Waals surface area contributed by atoms with Crippen molar-refractivity contribution in [1.82, 2.24) is 4.90 Å². The molecule has 5 heteroatoms. The molecule has 1 atom stereocenters. The molecule has 0 radical (unpaired) electrons. The van der Waals surface area contributed by atoms with Gasteiger partial charge in [-0.3, -0.25) is 4.79 Å². The van der Waals surface area contributed by atoms with E-state index in [9.17, 15) is 4.79 Å². The highest BCUT2D eigenvalue weighted by Crippen LogP contribution is 2.26. The number of terminal acetylenes is 1. The van der Waals surface area contributed by atoms with Crippen molar-refractivity contribution >= 4 is 11.6 Å². The van der Waals surface area contributed by atoms with Gasteiger partial charge in [0.15, 0.2) is 0 Å². The van der Waals surface area contributed by atoms with Gasteiger partial charge >= 0.3 is 0 Å². The molecule has 0 aliphatic heterocycles. The fourth-order valence-electron chi connectivity index (χ4n) is 1.76. The summed E-state index contributed by atoms with van der Waals surface area (Å²) in [6.07, 6.45) is 5.36. The number of methoxy groups -OCH3 is 1. The van der Waals surface area contributed by atoms with Gasteiger partial charge < -0.3 is 20.7 Å². The number of hydrogen-bond acceptors (Lipinski definition) is 4. The van der Waals surface area contributed by atoms with Crippen LogP contribution in [0.25, 0.3) is 0 Å². The smallest absolute Gasteiger partial charge is 0.242 e. The van der Waals surface area contributed by atoms with Gasteiger partial charge in [0.25, 0.3) is 0 Å². The van der Waals surface area contributed by atoms with Gasteiger partial charge in [0.2, 0.25) is 5.91 Å². The number of anilines is 1. The van der Waals surface area contributed by atoms with Crippen LogP contribution in [0.4, 0.5) is 5.69 Å². The van der Waals surface area contributed by atoms with Crippen molar-refractivity contribution in [3.05, 3.63) is 23.8 Å². The molecular weight excluding hydrogens is 254 g/mol. The summed E-state index contributed by atoms with van der Waals surface area (Å²) in [5, 5.41) is 2.76. The van der Waals surface area contributed by atoms with Gasteiger partial charge in [-0.2, -0.15) is 0 Å². The van der Waals surface area contributed by atoms with Gasteiger partial charge in [-0.15, -0.1) is 12.3 Å². The molecule has 20 heavy (non-hydrogen) atoms. The quantitative estimate of drug-likeness (QED) is 0.761.